The Balaban J connectivity index is 1.80. The first-order chi connectivity index (χ1) is 15.1. The van der Waals surface area contributed by atoms with Gasteiger partial charge in [0.25, 0.3) is 0 Å². The maximum Gasteiger partial charge on any atom is 0.242 e. The fraction of sp³-hybridized carbons (Fsp3) is 0.364. The molecule has 0 fully saturated rings. The van der Waals surface area contributed by atoms with Crippen molar-refractivity contribution in [3.63, 3.8) is 0 Å². The Morgan fingerprint density at radius 3 is 2.09 bits per heavy atom. The van der Waals surface area contributed by atoms with Crippen molar-refractivity contribution in [2.24, 2.45) is 0 Å². The number of benzene rings is 2. The standard InChI is InChI=1S/C22H27F2N3O4S/c1-3-27(16-21(28)25-15-17-6-8-18(23)9-7-17)22(29)5-4-14-26(2)32(30,31)20-12-10-19(24)11-13-20/h6-13H,3-5,14-16H2,1-2H3,(H,25,28). The molecule has 0 aliphatic carbocycles. The van der Waals surface area contributed by atoms with Gasteiger partial charge in [0.05, 0.1) is 11.4 Å². The van der Waals surface area contributed by atoms with Crippen LogP contribution in [0.25, 0.3) is 0 Å². The Bertz CT molecular complexity index is 1010. The predicted molar refractivity (Wildman–Crippen MR) is 116 cm³/mol. The molecule has 0 heterocycles. The lowest BCUT2D eigenvalue weighted by Gasteiger charge is -2.21. The van der Waals surface area contributed by atoms with Crippen molar-refractivity contribution < 1.29 is 26.8 Å². The Hall–Kier alpha value is -2.85. The zero-order valence-electron chi connectivity index (χ0n) is 18.1. The van der Waals surface area contributed by atoms with Crippen LogP contribution in [0.4, 0.5) is 8.78 Å². The number of hydrogen-bond acceptors (Lipinski definition) is 4. The lowest BCUT2D eigenvalue weighted by molar-refractivity contribution is -0.136. The van der Waals surface area contributed by atoms with Gasteiger partial charge in [0, 0.05) is 33.1 Å². The van der Waals surface area contributed by atoms with Crippen LogP contribution in [-0.2, 0) is 26.2 Å². The first-order valence-corrected chi connectivity index (χ1v) is 11.6. The SMILES string of the molecule is CCN(CC(=O)NCc1ccc(F)cc1)C(=O)CCCN(C)S(=O)(=O)c1ccc(F)cc1. The zero-order valence-corrected chi connectivity index (χ0v) is 18.9. The Kier molecular flexibility index (Phi) is 9.27. The minimum absolute atomic E-state index is 0.0271. The molecule has 0 saturated carbocycles. The van der Waals surface area contributed by atoms with Crippen LogP contribution in [0, 0.1) is 11.6 Å². The van der Waals surface area contributed by atoms with Crippen LogP contribution in [0.3, 0.4) is 0 Å². The van der Waals surface area contributed by atoms with Crippen molar-refractivity contribution >= 4 is 21.8 Å². The molecule has 32 heavy (non-hydrogen) atoms. The van der Waals surface area contributed by atoms with Gasteiger partial charge in [-0.2, -0.15) is 0 Å². The smallest absolute Gasteiger partial charge is 0.242 e. The van der Waals surface area contributed by atoms with Crippen molar-refractivity contribution in [3.8, 4) is 0 Å². The molecule has 2 aromatic carbocycles. The number of sulfonamides is 1. The summed E-state index contributed by atoms with van der Waals surface area (Å²) in [6, 6.07) is 10.3. The molecule has 0 bridgehead atoms. The van der Waals surface area contributed by atoms with Crippen LogP contribution in [-0.4, -0.2) is 56.1 Å². The molecule has 10 heteroatoms. The molecule has 0 aliphatic rings. The molecule has 0 atom stereocenters. The van der Waals surface area contributed by atoms with Crippen LogP contribution in [0.5, 0.6) is 0 Å². The molecule has 0 radical (unpaired) electrons. The fourth-order valence-corrected chi connectivity index (χ4v) is 4.14. The molecule has 0 unspecified atom stereocenters. The molecule has 0 aliphatic heterocycles. The van der Waals surface area contributed by atoms with Gasteiger partial charge < -0.3 is 10.2 Å². The average Bonchev–Trinajstić information content (AvgIpc) is 2.77. The van der Waals surface area contributed by atoms with Crippen LogP contribution in [0.15, 0.2) is 53.4 Å². The largest absolute Gasteiger partial charge is 0.350 e. The van der Waals surface area contributed by atoms with Crippen molar-refractivity contribution in [1.29, 1.82) is 0 Å². The van der Waals surface area contributed by atoms with Gasteiger partial charge in [0.15, 0.2) is 0 Å². The average molecular weight is 468 g/mol. The van der Waals surface area contributed by atoms with Crippen LogP contribution < -0.4 is 5.32 Å². The van der Waals surface area contributed by atoms with E-state index >= 15 is 0 Å². The van der Waals surface area contributed by atoms with E-state index in [0.717, 1.165) is 22.0 Å². The molecule has 0 aromatic heterocycles. The summed E-state index contributed by atoms with van der Waals surface area (Å²) < 4.78 is 52.1. The number of likely N-dealkylation sites (N-methyl/N-ethyl adjacent to an activating group) is 1. The second-order valence-corrected chi connectivity index (χ2v) is 9.24. The van der Waals surface area contributed by atoms with Gasteiger partial charge in [-0.15, -0.1) is 0 Å². The lowest BCUT2D eigenvalue weighted by Crippen LogP contribution is -2.40. The van der Waals surface area contributed by atoms with E-state index in [1.165, 1.54) is 36.2 Å². The normalized spacial score (nSPS) is 11.4. The summed E-state index contributed by atoms with van der Waals surface area (Å²) in [5.41, 5.74) is 0.736. The number of carbonyl (C=O) groups excluding carboxylic acids is 2. The number of amides is 2. The summed E-state index contributed by atoms with van der Waals surface area (Å²) in [5.74, 6) is -1.50. The van der Waals surface area contributed by atoms with E-state index in [1.54, 1.807) is 19.1 Å². The number of hydrogen-bond donors (Lipinski definition) is 1. The quantitative estimate of drug-likeness (QED) is 0.550. The first-order valence-electron chi connectivity index (χ1n) is 10.1. The highest BCUT2D eigenvalue weighted by molar-refractivity contribution is 7.89. The summed E-state index contributed by atoms with van der Waals surface area (Å²) in [6.45, 7) is 2.26. The maximum absolute atomic E-state index is 13.0. The van der Waals surface area contributed by atoms with E-state index < -0.39 is 15.8 Å². The first kappa shape index (κ1) is 25.4. The second-order valence-electron chi connectivity index (χ2n) is 7.20. The van der Waals surface area contributed by atoms with E-state index in [2.05, 4.69) is 5.32 Å². The highest BCUT2D eigenvalue weighted by Crippen LogP contribution is 2.15. The molecule has 2 rings (SSSR count). The minimum Gasteiger partial charge on any atom is -0.350 e. The van der Waals surface area contributed by atoms with E-state index in [0.29, 0.717) is 6.54 Å². The number of carbonyl (C=O) groups is 2. The fourth-order valence-electron chi connectivity index (χ4n) is 2.93. The van der Waals surface area contributed by atoms with Crippen molar-refractivity contribution in [2.75, 3.05) is 26.7 Å². The summed E-state index contributed by atoms with van der Waals surface area (Å²) >= 11 is 0. The van der Waals surface area contributed by atoms with Gasteiger partial charge in [-0.25, -0.2) is 21.5 Å². The van der Waals surface area contributed by atoms with Gasteiger partial charge in [-0.3, -0.25) is 9.59 Å². The second kappa shape index (κ2) is 11.7. The van der Waals surface area contributed by atoms with Gasteiger partial charge in [0.1, 0.15) is 11.6 Å². The molecular weight excluding hydrogens is 440 g/mol. The summed E-state index contributed by atoms with van der Waals surface area (Å²) in [7, 11) is -2.39. The third kappa shape index (κ3) is 7.38. The van der Waals surface area contributed by atoms with Crippen molar-refractivity contribution in [2.45, 2.75) is 31.2 Å². The van der Waals surface area contributed by atoms with E-state index in [1.807, 2.05) is 0 Å². The number of halogens is 2. The lowest BCUT2D eigenvalue weighted by atomic mass is 10.2. The molecule has 7 nitrogen and oxygen atoms in total. The topological polar surface area (TPSA) is 86.8 Å². The highest BCUT2D eigenvalue weighted by Gasteiger charge is 2.21. The van der Waals surface area contributed by atoms with Crippen LogP contribution in [0.1, 0.15) is 25.3 Å². The van der Waals surface area contributed by atoms with Gasteiger partial charge in [-0.05, 0) is 55.3 Å². The Labute approximate surface area is 187 Å². The van der Waals surface area contributed by atoms with Gasteiger partial charge in [-0.1, -0.05) is 12.1 Å². The van der Waals surface area contributed by atoms with Crippen LogP contribution in [0.2, 0.25) is 0 Å². The molecule has 0 saturated heterocycles. The predicted octanol–water partition coefficient (Wildman–Crippen LogP) is 2.53. The number of nitrogens with one attached hydrogen (secondary N) is 1. The molecule has 1 N–H and O–H groups in total. The molecule has 174 valence electrons. The number of rotatable bonds is 11. The Morgan fingerprint density at radius 2 is 1.53 bits per heavy atom. The van der Waals surface area contributed by atoms with Crippen LogP contribution >= 0.6 is 0 Å². The van der Waals surface area contributed by atoms with Crippen molar-refractivity contribution in [3.05, 3.63) is 65.7 Å². The van der Waals surface area contributed by atoms with Gasteiger partial charge in [0.2, 0.25) is 21.8 Å². The van der Waals surface area contributed by atoms with E-state index in [9.17, 15) is 26.8 Å². The number of nitrogens with zero attached hydrogens (tertiary/aromatic N) is 2. The maximum atomic E-state index is 13.0. The van der Waals surface area contributed by atoms with Crippen molar-refractivity contribution in [1.82, 2.24) is 14.5 Å². The summed E-state index contributed by atoms with van der Waals surface area (Å²) in [5, 5.41) is 2.68. The highest BCUT2D eigenvalue weighted by atomic mass is 32.2. The third-order valence-corrected chi connectivity index (χ3v) is 6.73. The molecule has 0 spiro atoms. The minimum atomic E-state index is -3.78. The van der Waals surface area contributed by atoms with E-state index in [4.69, 9.17) is 0 Å². The molecule has 2 amide bonds. The summed E-state index contributed by atoms with van der Waals surface area (Å²) in [6.07, 6.45) is 0.339. The molecule has 2 aromatic rings. The monoisotopic (exact) mass is 467 g/mol. The molecular formula is C22H27F2N3O4S. The van der Waals surface area contributed by atoms with Gasteiger partial charge >= 0.3 is 0 Å². The summed E-state index contributed by atoms with van der Waals surface area (Å²) in [4.78, 5) is 26.0. The zero-order chi connectivity index (χ0) is 23.7. The Morgan fingerprint density at radius 1 is 0.969 bits per heavy atom. The third-order valence-electron chi connectivity index (χ3n) is 4.86. The van der Waals surface area contributed by atoms with E-state index in [-0.39, 0.29) is 55.0 Å².